The zero-order valence-electron chi connectivity index (χ0n) is 19.7. The van der Waals surface area contributed by atoms with Crippen molar-refractivity contribution in [2.75, 3.05) is 19.1 Å². The number of phenols is 1. The minimum atomic E-state index is -1.01. The van der Waals surface area contributed by atoms with Crippen LogP contribution >= 0.6 is 11.3 Å². The van der Waals surface area contributed by atoms with Crippen LogP contribution in [-0.2, 0) is 9.59 Å². The molecule has 0 bridgehead atoms. The molecule has 0 radical (unpaired) electrons. The first-order valence-corrected chi connectivity index (χ1v) is 11.8. The number of aliphatic hydroxyl groups is 1. The monoisotopic (exact) mass is 502 g/mol. The van der Waals surface area contributed by atoms with E-state index in [4.69, 9.17) is 9.47 Å². The Morgan fingerprint density at radius 3 is 2.58 bits per heavy atom. The summed E-state index contributed by atoms with van der Waals surface area (Å²) in [6.07, 6.45) is 0. The maximum atomic E-state index is 13.4. The van der Waals surface area contributed by atoms with Crippen LogP contribution < -0.4 is 14.4 Å². The first kappa shape index (κ1) is 23.4. The Balaban J connectivity index is 1.75. The van der Waals surface area contributed by atoms with Crippen molar-refractivity contribution >= 4 is 44.1 Å². The number of carbonyl (C=O) groups excluding carboxylic acids is 2. The molecule has 36 heavy (non-hydrogen) atoms. The van der Waals surface area contributed by atoms with Crippen LogP contribution in [0.1, 0.15) is 22.7 Å². The highest BCUT2D eigenvalue weighted by molar-refractivity contribution is 7.22. The van der Waals surface area contributed by atoms with E-state index < -0.39 is 17.7 Å². The summed E-state index contributed by atoms with van der Waals surface area (Å²) in [7, 11) is 2.90. The molecule has 2 N–H and O–H groups in total. The van der Waals surface area contributed by atoms with Gasteiger partial charge in [-0.3, -0.25) is 14.5 Å². The van der Waals surface area contributed by atoms with Crippen LogP contribution in [0.4, 0.5) is 5.13 Å². The molecule has 3 aromatic carbocycles. The second kappa shape index (κ2) is 9.01. The smallest absolute Gasteiger partial charge is 0.301 e. The summed E-state index contributed by atoms with van der Waals surface area (Å²) < 4.78 is 11.4. The first-order valence-electron chi connectivity index (χ1n) is 11.0. The summed E-state index contributed by atoms with van der Waals surface area (Å²) in [4.78, 5) is 32.7. The number of aromatic nitrogens is 1. The summed E-state index contributed by atoms with van der Waals surface area (Å²) in [5.74, 6) is -1.45. The van der Waals surface area contributed by atoms with Gasteiger partial charge < -0.3 is 19.7 Å². The number of aliphatic hydroxyl groups excluding tert-OH is 1. The summed E-state index contributed by atoms with van der Waals surface area (Å²) >= 11 is 1.28. The number of carbonyl (C=O) groups is 2. The Hall–Kier alpha value is -4.37. The van der Waals surface area contributed by atoms with Gasteiger partial charge in [-0.1, -0.05) is 35.6 Å². The number of nitrogens with zero attached hydrogens (tertiary/aromatic N) is 2. The van der Waals surface area contributed by atoms with E-state index in [-0.39, 0.29) is 22.8 Å². The lowest BCUT2D eigenvalue weighted by atomic mass is 9.95. The molecule has 2 heterocycles. The predicted molar refractivity (Wildman–Crippen MR) is 137 cm³/mol. The Morgan fingerprint density at radius 2 is 1.83 bits per heavy atom. The number of aryl methyl sites for hydroxylation is 1. The zero-order chi connectivity index (χ0) is 25.6. The molecule has 1 aliphatic heterocycles. The summed E-state index contributed by atoms with van der Waals surface area (Å²) in [6.45, 7) is 1.96. The van der Waals surface area contributed by atoms with Crippen molar-refractivity contribution < 1.29 is 29.3 Å². The van der Waals surface area contributed by atoms with E-state index in [2.05, 4.69) is 4.98 Å². The molecule has 9 heteroatoms. The lowest BCUT2D eigenvalue weighted by Gasteiger charge is -2.23. The highest BCUT2D eigenvalue weighted by Crippen LogP contribution is 2.45. The minimum Gasteiger partial charge on any atom is -0.507 e. The third-order valence-electron chi connectivity index (χ3n) is 6.05. The van der Waals surface area contributed by atoms with Crippen LogP contribution in [0.3, 0.4) is 0 Å². The lowest BCUT2D eigenvalue weighted by Crippen LogP contribution is -2.29. The van der Waals surface area contributed by atoms with Crippen molar-refractivity contribution in [3.8, 4) is 17.2 Å². The van der Waals surface area contributed by atoms with Crippen LogP contribution in [-0.4, -0.2) is 41.1 Å². The fourth-order valence-corrected chi connectivity index (χ4v) is 5.35. The number of anilines is 1. The number of ketones is 1. The fraction of sp³-hybridized carbons (Fsp3) is 0.148. The zero-order valence-corrected chi connectivity index (χ0v) is 20.5. The Morgan fingerprint density at radius 1 is 1.03 bits per heavy atom. The van der Waals surface area contributed by atoms with Gasteiger partial charge in [0.1, 0.15) is 11.5 Å². The number of hydrogen-bond donors (Lipinski definition) is 2. The number of methoxy groups -OCH3 is 2. The molecule has 1 amide bonds. The van der Waals surface area contributed by atoms with Crippen LogP contribution in [0, 0.1) is 6.92 Å². The molecule has 0 saturated carbocycles. The van der Waals surface area contributed by atoms with E-state index >= 15 is 0 Å². The van der Waals surface area contributed by atoms with Gasteiger partial charge in [0.2, 0.25) is 0 Å². The molecular weight excluding hydrogens is 480 g/mol. The Labute approximate surface area is 210 Å². The number of phenolic OH excluding ortho intramolecular Hbond substituents is 1. The van der Waals surface area contributed by atoms with Crippen LogP contribution in [0.25, 0.3) is 16.0 Å². The molecule has 0 spiro atoms. The maximum Gasteiger partial charge on any atom is 0.301 e. The number of rotatable bonds is 5. The Bertz CT molecular complexity index is 1560. The molecule has 182 valence electrons. The van der Waals surface area contributed by atoms with Gasteiger partial charge in [-0.15, -0.1) is 0 Å². The average molecular weight is 503 g/mol. The van der Waals surface area contributed by atoms with Crippen molar-refractivity contribution in [2.24, 2.45) is 0 Å². The molecular formula is C27H22N2O6S. The highest BCUT2D eigenvalue weighted by atomic mass is 32.1. The topological polar surface area (TPSA) is 109 Å². The van der Waals surface area contributed by atoms with E-state index in [1.165, 1.54) is 42.6 Å². The van der Waals surface area contributed by atoms with Crippen molar-refractivity contribution in [1.82, 2.24) is 4.98 Å². The summed E-state index contributed by atoms with van der Waals surface area (Å²) in [5.41, 5.74) is 2.41. The molecule has 1 atom stereocenters. The molecule has 4 aromatic rings. The average Bonchev–Trinajstić information content (AvgIpc) is 3.41. The molecule has 8 nitrogen and oxygen atoms in total. The molecule has 1 aromatic heterocycles. The predicted octanol–water partition coefficient (Wildman–Crippen LogP) is 4.95. The molecule has 5 rings (SSSR count). The van der Waals surface area contributed by atoms with E-state index in [1.54, 1.807) is 30.3 Å². The fourth-order valence-electron chi connectivity index (χ4n) is 4.26. The van der Waals surface area contributed by atoms with Gasteiger partial charge in [0, 0.05) is 5.56 Å². The number of ether oxygens (including phenoxy) is 2. The van der Waals surface area contributed by atoms with Gasteiger partial charge in [0.05, 0.1) is 36.1 Å². The largest absolute Gasteiger partial charge is 0.507 e. The summed E-state index contributed by atoms with van der Waals surface area (Å²) in [5, 5.41) is 21.8. The SMILES string of the molecule is COc1cccc(C(O)=C2C(=O)C(=O)N(c3nc4ccc(C)cc4s3)[C@H]2c2ccc(O)c(OC)c2)c1. The van der Waals surface area contributed by atoms with Gasteiger partial charge in [-0.2, -0.15) is 0 Å². The third-order valence-corrected chi connectivity index (χ3v) is 7.06. The quantitative estimate of drug-likeness (QED) is 0.226. The second-order valence-corrected chi connectivity index (χ2v) is 9.31. The third kappa shape index (κ3) is 3.83. The maximum absolute atomic E-state index is 13.4. The van der Waals surface area contributed by atoms with Crippen molar-refractivity contribution in [3.05, 3.63) is 82.9 Å². The Kier molecular flexibility index (Phi) is 5.85. The number of hydrogen-bond acceptors (Lipinski definition) is 8. The second-order valence-electron chi connectivity index (χ2n) is 8.30. The normalized spacial score (nSPS) is 17.1. The standard InChI is InChI=1S/C27H22N2O6S/c1-14-7-9-18-21(11-14)36-27(28-18)29-23(15-8-10-19(30)20(13-15)35-3)22(25(32)26(29)33)24(31)16-5-4-6-17(12-16)34-2/h4-13,23,30-31H,1-3H3/t23-/m0/s1. The molecule has 1 saturated heterocycles. The number of thiazole rings is 1. The van der Waals surface area contributed by atoms with Crippen molar-refractivity contribution in [3.63, 3.8) is 0 Å². The van der Waals surface area contributed by atoms with Gasteiger partial charge in [0.15, 0.2) is 16.6 Å². The van der Waals surface area contributed by atoms with Gasteiger partial charge in [-0.25, -0.2) is 4.98 Å². The number of Topliss-reactive ketones (excluding diaryl/α,β-unsaturated/α-hetero) is 1. The van der Waals surface area contributed by atoms with Crippen LogP contribution in [0.15, 0.2) is 66.2 Å². The molecule has 0 unspecified atom stereocenters. The van der Waals surface area contributed by atoms with E-state index in [0.717, 1.165) is 10.3 Å². The molecule has 0 aliphatic carbocycles. The van der Waals surface area contributed by atoms with Crippen LogP contribution in [0.5, 0.6) is 17.2 Å². The lowest BCUT2D eigenvalue weighted by molar-refractivity contribution is -0.132. The molecule has 1 aliphatic rings. The highest BCUT2D eigenvalue weighted by Gasteiger charge is 2.48. The van der Waals surface area contributed by atoms with E-state index in [0.29, 0.717) is 27.5 Å². The number of amides is 1. The first-order chi connectivity index (χ1) is 17.3. The number of fused-ring (bicyclic) bond motifs is 1. The number of aromatic hydroxyl groups is 1. The van der Waals surface area contributed by atoms with Crippen LogP contribution in [0.2, 0.25) is 0 Å². The summed E-state index contributed by atoms with van der Waals surface area (Å²) in [6, 6.07) is 15.9. The van der Waals surface area contributed by atoms with Crippen molar-refractivity contribution in [1.29, 1.82) is 0 Å². The molecule has 1 fully saturated rings. The van der Waals surface area contributed by atoms with E-state index in [9.17, 15) is 19.8 Å². The van der Waals surface area contributed by atoms with Gasteiger partial charge in [0.25, 0.3) is 5.78 Å². The van der Waals surface area contributed by atoms with Gasteiger partial charge in [-0.05, 0) is 54.4 Å². The minimum absolute atomic E-state index is 0.0959. The number of benzene rings is 3. The van der Waals surface area contributed by atoms with E-state index in [1.807, 2.05) is 25.1 Å². The van der Waals surface area contributed by atoms with Gasteiger partial charge >= 0.3 is 5.91 Å². The van der Waals surface area contributed by atoms with Crippen molar-refractivity contribution in [2.45, 2.75) is 13.0 Å².